The van der Waals surface area contributed by atoms with Gasteiger partial charge in [-0.1, -0.05) is 28.1 Å². The van der Waals surface area contributed by atoms with E-state index in [0.717, 1.165) is 4.47 Å². The predicted molar refractivity (Wildman–Crippen MR) is 84.0 cm³/mol. The molecule has 0 amide bonds. The molecule has 5 heteroatoms. The maximum Gasteiger partial charge on any atom is 0.339 e. The van der Waals surface area contributed by atoms with Crippen molar-refractivity contribution in [2.45, 2.75) is 6.54 Å². The third kappa shape index (κ3) is 3.61. The summed E-state index contributed by atoms with van der Waals surface area (Å²) in [7, 11) is 3.15. The molecule has 0 saturated heterocycles. The van der Waals surface area contributed by atoms with Crippen LogP contribution in [0.3, 0.4) is 0 Å². The van der Waals surface area contributed by atoms with E-state index < -0.39 is 5.97 Å². The van der Waals surface area contributed by atoms with Crippen molar-refractivity contribution in [2.75, 3.05) is 19.1 Å². The molecule has 2 aromatic carbocycles. The van der Waals surface area contributed by atoms with E-state index >= 15 is 0 Å². The van der Waals surface area contributed by atoms with Gasteiger partial charge in [-0.05, 0) is 30.3 Å². The number of rotatable bonds is 4. The summed E-state index contributed by atoms with van der Waals surface area (Å²) in [6.07, 6.45) is 0. The molecule has 2 rings (SSSR count). The minimum atomic E-state index is -0.410. The van der Waals surface area contributed by atoms with E-state index in [-0.39, 0.29) is 5.82 Å². The molecule has 0 bridgehead atoms. The fraction of sp³-hybridized carbons (Fsp3) is 0.188. The summed E-state index contributed by atoms with van der Waals surface area (Å²) in [6, 6.07) is 11.9. The average Bonchev–Trinajstić information content (AvgIpc) is 2.50. The van der Waals surface area contributed by atoms with Crippen LogP contribution in [0.5, 0.6) is 0 Å². The van der Waals surface area contributed by atoms with E-state index in [0.29, 0.717) is 23.4 Å². The Hall–Kier alpha value is -1.88. The van der Waals surface area contributed by atoms with E-state index in [1.807, 2.05) is 24.1 Å². The first-order chi connectivity index (χ1) is 10.0. The lowest BCUT2D eigenvalue weighted by molar-refractivity contribution is 0.0601. The molecule has 2 aromatic rings. The molecule has 110 valence electrons. The molecule has 0 aromatic heterocycles. The number of ether oxygens (including phenoxy) is 1. The number of carbonyl (C=O) groups is 1. The summed E-state index contributed by atoms with van der Waals surface area (Å²) in [5, 5.41) is 0. The first-order valence-corrected chi connectivity index (χ1v) is 7.14. The summed E-state index contributed by atoms with van der Waals surface area (Å²) in [6.45, 7) is 0.347. The molecule has 0 unspecified atom stereocenters. The van der Waals surface area contributed by atoms with Crippen LogP contribution in [0.15, 0.2) is 46.9 Å². The summed E-state index contributed by atoms with van der Waals surface area (Å²) in [4.78, 5) is 13.6. The summed E-state index contributed by atoms with van der Waals surface area (Å²) >= 11 is 3.33. The van der Waals surface area contributed by atoms with Crippen molar-refractivity contribution in [3.8, 4) is 0 Å². The molecule has 0 N–H and O–H groups in total. The van der Waals surface area contributed by atoms with Crippen LogP contribution < -0.4 is 4.90 Å². The Morgan fingerprint density at radius 3 is 2.71 bits per heavy atom. The molecular formula is C16H15BrFNO2. The van der Waals surface area contributed by atoms with E-state index in [9.17, 15) is 9.18 Å². The highest BCUT2D eigenvalue weighted by molar-refractivity contribution is 9.10. The summed E-state index contributed by atoms with van der Waals surface area (Å²) in [5.41, 5.74) is 1.70. The maximum absolute atomic E-state index is 13.8. The Morgan fingerprint density at radius 1 is 1.29 bits per heavy atom. The normalized spacial score (nSPS) is 10.3. The number of hydrogen-bond donors (Lipinski definition) is 0. The fourth-order valence-electron chi connectivity index (χ4n) is 2.09. The van der Waals surface area contributed by atoms with E-state index in [2.05, 4.69) is 15.9 Å². The SMILES string of the molecule is COC(=O)c1ccccc1N(C)Cc1cc(Br)ccc1F. The maximum atomic E-state index is 13.8. The van der Waals surface area contributed by atoms with E-state index in [1.54, 1.807) is 24.3 Å². The van der Waals surface area contributed by atoms with Gasteiger partial charge < -0.3 is 9.64 Å². The number of methoxy groups -OCH3 is 1. The lowest BCUT2D eigenvalue weighted by atomic mass is 10.1. The summed E-state index contributed by atoms with van der Waals surface area (Å²) in [5.74, 6) is -0.687. The van der Waals surface area contributed by atoms with Crippen molar-refractivity contribution in [3.05, 3.63) is 63.9 Å². The zero-order valence-electron chi connectivity index (χ0n) is 11.8. The lowest BCUT2D eigenvalue weighted by Crippen LogP contribution is -2.20. The molecule has 21 heavy (non-hydrogen) atoms. The van der Waals surface area contributed by atoms with Crippen LogP contribution in [0.25, 0.3) is 0 Å². The van der Waals surface area contributed by atoms with Gasteiger partial charge in [0.05, 0.1) is 18.4 Å². The molecule has 3 nitrogen and oxygen atoms in total. The van der Waals surface area contributed by atoms with Crippen molar-refractivity contribution in [2.24, 2.45) is 0 Å². The topological polar surface area (TPSA) is 29.5 Å². The largest absolute Gasteiger partial charge is 0.465 e. The summed E-state index contributed by atoms with van der Waals surface area (Å²) < 4.78 is 19.4. The molecule has 0 aliphatic rings. The fourth-order valence-corrected chi connectivity index (χ4v) is 2.50. The highest BCUT2D eigenvalue weighted by atomic mass is 79.9. The number of nitrogens with zero attached hydrogens (tertiary/aromatic N) is 1. The Kier molecular flexibility index (Phi) is 4.96. The molecule has 0 radical (unpaired) electrons. The molecule has 0 saturated carbocycles. The number of benzene rings is 2. The average molecular weight is 352 g/mol. The van der Waals surface area contributed by atoms with Crippen LogP contribution in [0.2, 0.25) is 0 Å². The van der Waals surface area contributed by atoms with Gasteiger partial charge in [0, 0.05) is 23.6 Å². The molecule has 0 spiro atoms. The molecular weight excluding hydrogens is 337 g/mol. The van der Waals surface area contributed by atoms with Crippen LogP contribution in [0.4, 0.5) is 10.1 Å². The van der Waals surface area contributed by atoms with Gasteiger partial charge in [0.15, 0.2) is 0 Å². The Morgan fingerprint density at radius 2 is 2.00 bits per heavy atom. The van der Waals surface area contributed by atoms with Crippen LogP contribution >= 0.6 is 15.9 Å². The van der Waals surface area contributed by atoms with Gasteiger partial charge in [-0.25, -0.2) is 9.18 Å². The van der Waals surface area contributed by atoms with Gasteiger partial charge in [0.1, 0.15) is 5.82 Å². The lowest BCUT2D eigenvalue weighted by Gasteiger charge is -2.22. The number of carbonyl (C=O) groups excluding carboxylic acids is 1. The molecule has 0 aliphatic heterocycles. The number of para-hydroxylation sites is 1. The quantitative estimate of drug-likeness (QED) is 0.779. The Balaban J connectivity index is 2.30. The minimum Gasteiger partial charge on any atom is -0.465 e. The highest BCUT2D eigenvalue weighted by Crippen LogP contribution is 2.23. The molecule has 0 aliphatic carbocycles. The van der Waals surface area contributed by atoms with Crippen LogP contribution in [0, 0.1) is 5.82 Å². The minimum absolute atomic E-state index is 0.277. The number of halogens is 2. The van der Waals surface area contributed by atoms with Gasteiger partial charge >= 0.3 is 5.97 Å². The third-order valence-electron chi connectivity index (χ3n) is 3.14. The number of hydrogen-bond acceptors (Lipinski definition) is 3. The van der Waals surface area contributed by atoms with Gasteiger partial charge in [-0.2, -0.15) is 0 Å². The molecule has 0 heterocycles. The van der Waals surface area contributed by atoms with Crippen LogP contribution in [-0.2, 0) is 11.3 Å². The van der Waals surface area contributed by atoms with Gasteiger partial charge in [0.2, 0.25) is 0 Å². The first kappa shape index (κ1) is 15.5. The van der Waals surface area contributed by atoms with E-state index in [4.69, 9.17) is 4.74 Å². The highest BCUT2D eigenvalue weighted by Gasteiger charge is 2.15. The van der Waals surface area contributed by atoms with Crippen LogP contribution in [0.1, 0.15) is 15.9 Å². The van der Waals surface area contributed by atoms with Gasteiger partial charge in [-0.15, -0.1) is 0 Å². The third-order valence-corrected chi connectivity index (χ3v) is 3.63. The predicted octanol–water partition coefficient (Wildman–Crippen LogP) is 4.01. The second kappa shape index (κ2) is 6.72. The second-order valence-electron chi connectivity index (χ2n) is 4.60. The van der Waals surface area contributed by atoms with Crippen molar-refractivity contribution >= 4 is 27.6 Å². The first-order valence-electron chi connectivity index (χ1n) is 6.35. The smallest absolute Gasteiger partial charge is 0.339 e. The van der Waals surface area contributed by atoms with Gasteiger partial charge in [-0.3, -0.25) is 0 Å². The monoisotopic (exact) mass is 351 g/mol. The van der Waals surface area contributed by atoms with Crippen molar-refractivity contribution in [3.63, 3.8) is 0 Å². The zero-order chi connectivity index (χ0) is 15.4. The van der Waals surface area contributed by atoms with E-state index in [1.165, 1.54) is 13.2 Å². The zero-order valence-corrected chi connectivity index (χ0v) is 13.4. The number of esters is 1. The van der Waals surface area contributed by atoms with Crippen molar-refractivity contribution in [1.82, 2.24) is 0 Å². The number of anilines is 1. The van der Waals surface area contributed by atoms with Crippen molar-refractivity contribution in [1.29, 1.82) is 0 Å². The van der Waals surface area contributed by atoms with Crippen molar-refractivity contribution < 1.29 is 13.9 Å². The second-order valence-corrected chi connectivity index (χ2v) is 5.52. The molecule has 0 fully saturated rings. The Labute approximate surface area is 131 Å². The molecule has 0 atom stereocenters. The van der Waals surface area contributed by atoms with Crippen LogP contribution in [-0.4, -0.2) is 20.1 Å². The standard InChI is InChI=1S/C16H15BrFNO2/c1-19(10-11-9-12(17)7-8-14(11)18)15-6-4-3-5-13(15)16(20)21-2/h3-9H,10H2,1-2H3. The Bertz CT molecular complexity index is 660. The van der Waals surface area contributed by atoms with Gasteiger partial charge in [0.25, 0.3) is 0 Å².